The van der Waals surface area contributed by atoms with Gasteiger partial charge in [0, 0.05) is 18.5 Å². The molecule has 2 amide bonds. The van der Waals surface area contributed by atoms with Crippen molar-refractivity contribution in [1.29, 1.82) is 0 Å². The number of nitrogens with one attached hydrogen (secondary N) is 2. The Morgan fingerprint density at radius 1 is 1.17 bits per heavy atom. The SMILES string of the molecule is Cn1nnnc1S(=O)(=O)c1cnc(NC(=O)Nc2ccc(C(F)(F)F)cc2C(=O)C2CCCC2)s1. The van der Waals surface area contributed by atoms with Gasteiger partial charge in [-0.05, 0) is 41.5 Å². The molecule has 1 aliphatic carbocycles. The predicted octanol–water partition coefficient (Wildman–Crippen LogP) is 3.54. The Morgan fingerprint density at radius 2 is 1.89 bits per heavy atom. The van der Waals surface area contributed by atoms with Crippen LogP contribution in [0.5, 0.6) is 0 Å². The van der Waals surface area contributed by atoms with Crippen LogP contribution in [0.4, 0.5) is 28.8 Å². The van der Waals surface area contributed by atoms with Crippen LogP contribution < -0.4 is 10.6 Å². The average molecular weight is 530 g/mol. The Kier molecular flexibility index (Phi) is 6.59. The fraction of sp³-hybridized carbons (Fsp3) is 0.368. The number of Topliss-reactive ketones (excluding diaryl/α,β-unsaturated/α-hetero) is 1. The number of carbonyl (C=O) groups is 2. The zero-order valence-corrected chi connectivity index (χ0v) is 19.7. The van der Waals surface area contributed by atoms with E-state index in [1.54, 1.807) is 0 Å². The summed E-state index contributed by atoms with van der Waals surface area (Å²) in [5.74, 6) is -0.882. The topological polar surface area (TPSA) is 149 Å². The van der Waals surface area contributed by atoms with Crippen LogP contribution in [0, 0.1) is 5.92 Å². The highest BCUT2D eigenvalue weighted by molar-refractivity contribution is 7.93. The highest BCUT2D eigenvalue weighted by atomic mass is 32.2. The number of ketones is 1. The molecule has 11 nitrogen and oxygen atoms in total. The molecule has 2 aromatic heterocycles. The Balaban J connectivity index is 1.54. The number of rotatable bonds is 6. The molecule has 35 heavy (non-hydrogen) atoms. The molecule has 1 aliphatic rings. The van der Waals surface area contributed by atoms with Gasteiger partial charge in [0.15, 0.2) is 10.9 Å². The first-order chi connectivity index (χ1) is 16.5. The van der Waals surface area contributed by atoms with Gasteiger partial charge in [-0.25, -0.2) is 22.9 Å². The van der Waals surface area contributed by atoms with E-state index in [1.165, 1.54) is 7.05 Å². The fourth-order valence-corrected chi connectivity index (χ4v) is 6.02. The van der Waals surface area contributed by atoms with E-state index in [4.69, 9.17) is 0 Å². The van der Waals surface area contributed by atoms with Gasteiger partial charge < -0.3 is 5.32 Å². The molecule has 1 saturated carbocycles. The van der Waals surface area contributed by atoms with Crippen molar-refractivity contribution in [2.75, 3.05) is 10.6 Å². The lowest BCUT2D eigenvalue weighted by Crippen LogP contribution is -2.22. The predicted molar refractivity (Wildman–Crippen MR) is 117 cm³/mol. The number of alkyl halides is 3. The highest BCUT2D eigenvalue weighted by Gasteiger charge is 2.34. The summed E-state index contributed by atoms with van der Waals surface area (Å²) in [5.41, 5.74) is -1.33. The van der Waals surface area contributed by atoms with Gasteiger partial charge in [0.05, 0.1) is 17.4 Å². The van der Waals surface area contributed by atoms with Crippen molar-refractivity contribution in [3.63, 3.8) is 0 Å². The standard InChI is InChI=1S/C19H18F3N7O4S2/c1-29-18(26-27-28-29)35(32,33)14-9-23-17(34-14)25-16(31)24-13-7-6-11(19(20,21)22)8-12(13)15(30)10-4-2-3-5-10/h6-10H,2-5H2,1H3,(H2,23,24,25,31). The molecule has 0 aliphatic heterocycles. The molecule has 4 rings (SSSR count). The second-order valence-electron chi connectivity index (χ2n) is 7.76. The molecule has 0 bridgehead atoms. The number of carbonyl (C=O) groups excluding carboxylic acids is 2. The lowest BCUT2D eigenvalue weighted by molar-refractivity contribution is -0.137. The number of benzene rings is 1. The third kappa shape index (κ3) is 5.17. The molecule has 0 spiro atoms. The van der Waals surface area contributed by atoms with E-state index < -0.39 is 44.5 Å². The minimum Gasteiger partial charge on any atom is -0.307 e. The van der Waals surface area contributed by atoms with Gasteiger partial charge in [-0.2, -0.15) is 13.2 Å². The number of halogens is 3. The summed E-state index contributed by atoms with van der Waals surface area (Å²) in [6.45, 7) is 0. The van der Waals surface area contributed by atoms with Crippen molar-refractivity contribution in [3.05, 3.63) is 35.5 Å². The first-order valence-corrected chi connectivity index (χ1v) is 12.5. The molecule has 0 unspecified atom stereocenters. The Labute approximate surface area is 200 Å². The summed E-state index contributed by atoms with van der Waals surface area (Å²) >= 11 is 0.627. The van der Waals surface area contributed by atoms with Crippen molar-refractivity contribution < 1.29 is 31.2 Å². The van der Waals surface area contributed by atoms with E-state index in [0.717, 1.165) is 41.9 Å². The van der Waals surface area contributed by atoms with Crippen LogP contribution in [0.3, 0.4) is 0 Å². The van der Waals surface area contributed by atoms with Crippen LogP contribution in [0.15, 0.2) is 33.8 Å². The summed E-state index contributed by atoms with van der Waals surface area (Å²) in [6, 6.07) is 1.61. The quantitative estimate of drug-likeness (QED) is 0.461. The summed E-state index contributed by atoms with van der Waals surface area (Å²) in [6.07, 6.45) is -0.906. The Bertz CT molecular complexity index is 1380. The molecule has 3 aromatic rings. The molecule has 0 radical (unpaired) electrons. The molecule has 0 atom stereocenters. The molecule has 2 heterocycles. The zero-order chi connectivity index (χ0) is 25.4. The number of urea groups is 1. The van der Waals surface area contributed by atoms with Crippen LogP contribution in [-0.4, -0.2) is 45.4 Å². The summed E-state index contributed by atoms with van der Waals surface area (Å²) < 4.78 is 65.7. The average Bonchev–Trinajstić information content (AvgIpc) is 3.55. The van der Waals surface area contributed by atoms with Gasteiger partial charge in [0.25, 0.3) is 15.0 Å². The molecular weight excluding hydrogens is 511 g/mol. The van der Waals surface area contributed by atoms with E-state index in [1.807, 2.05) is 0 Å². The van der Waals surface area contributed by atoms with Gasteiger partial charge in [-0.1, -0.05) is 29.3 Å². The van der Waals surface area contributed by atoms with Crippen LogP contribution in [0.1, 0.15) is 41.6 Å². The number of aryl methyl sites for hydroxylation is 1. The number of thiazole rings is 1. The lowest BCUT2D eigenvalue weighted by atomic mass is 9.93. The van der Waals surface area contributed by atoms with Gasteiger partial charge in [0.2, 0.25) is 0 Å². The summed E-state index contributed by atoms with van der Waals surface area (Å²) in [4.78, 5) is 29.3. The number of hydrogen-bond donors (Lipinski definition) is 2. The lowest BCUT2D eigenvalue weighted by Gasteiger charge is -2.16. The largest absolute Gasteiger partial charge is 0.416 e. The van der Waals surface area contributed by atoms with Crippen molar-refractivity contribution in [2.24, 2.45) is 13.0 Å². The third-order valence-electron chi connectivity index (χ3n) is 5.38. The van der Waals surface area contributed by atoms with Gasteiger partial charge in [0.1, 0.15) is 4.21 Å². The highest BCUT2D eigenvalue weighted by Crippen LogP contribution is 2.35. The molecule has 1 aromatic carbocycles. The molecule has 186 valence electrons. The minimum atomic E-state index is -4.66. The van der Waals surface area contributed by atoms with Gasteiger partial charge >= 0.3 is 12.2 Å². The Hall–Kier alpha value is -3.40. The van der Waals surface area contributed by atoms with Crippen LogP contribution in [0.2, 0.25) is 0 Å². The number of aromatic nitrogens is 5. The van der Waals surface area contributed by atoms with Crippen LogP contribution in [-0.2, 0) is 23.1 Å². The van der Waals surface area contributed by atoms with Gasteiger partial charge in [-0.15, -0.1) is 0 Å². The minimum absolute atomic E-state index is 0.0954. The monoisotopic (exact) mass is 529 g/mol. The fourth-order valence-electron chi connectivity index (χ4n) is 3.67. The number of nitrogens with zero attached hydrogens (tertiary/aromatic N) is 5. The number of tetrazole rings is 1. The summed E-state index contributed by atoms with van der Waals surface area (Å²) in [7, 11) is -2.74. The van der Waals surface area contributed by atoms with E-state index in [0.29, 0.717) is 24.2 Å². The summed E-state index contributed by atoms with van der Waals surface area (Å²) in [5, 5.41) is 14.4. The maximum atomic E-state index is 13.2. The molecule has 0 saturated heterocycles. The van der Waals surface area contributed by atoms with Crippen molar-refractivity contribution in [3.8, 4) is 0 Å². The van der Waals surface area contributed by atoms with E-state index in [9.17, 15) is 31.2 Å². The molecule has 2 N–H and O–H groups in total. The maximum absolute atomic E-state index is 13.2. The Morgan fingerprint density at radius 3 is 2.51 bits per heavy atom. The van der Waals surface area contributed by atoms with E-state index in [-0.39, 0.29) is 20.6 Å². The second-order valence-corrected chi connectivity index (χ2v) is 10.9. The van der Waals surface area contributed by atoms with Crippen molar-refractivity contribution in [2.45, 2.75) is 41.2 Å². The number of anilines is 2. The van der Waals surface area contributed by atoms with Crippen molar-refractivity contribution in [1.82, 2.24) is 25.2 Å². The molecular formula is C19H18F3N7O4S2. The van der Waals surface area contributed by atoms with E-state index in [2.05, 4.69) is 31.1 Å². The van der Waals surface area contributed by atoms with Crippen molar-refractivity contribution >= 4 is 43.8 Å². The second kappa shape index (κ2) is 9.33. The number of sulfone groups is 1. The molecule has 16 heteroatoms. The van der Waals surface area contributed by atoms with Gasteiger partial charge in [-0.3, -0.25) is 10.1 Å². The molecule has 1 fully saturated rings. The number of amides is 2. The zero-order valence-electron chi connectivity index (χ0n) is 18.0. The van der Waals surface area contributed by atoms with Crippen LogP contribution >= 0.6 is 11.3 Å². The maximum Gasteiger partial charge on any atom is 0.416 e. The smallest absolute Gasteiger partial charge is 0.307 e. The normalized spacial score (nSPS) is 14.7. The number of hydrogen-bond acceptors (Lipinski definition) is 9. The van der Waals surface area contributed by atoms with E-state index >= 15 is 0 Å². The first kappa shape index (κ1) is 24.7. The first-order valence-electron chi connectivity index (χ1n) is 10.2. The van der Waals surface area contributed by atoms with Crippen LogP contribution in [0.25, 0.3) is 0 Å². The third-order valence-corrected chi connectivity index (χ3v) is 8.46.